The number of aryl methyl sites for hydroxylation is 1. The Morgan fingerprint density at radius 1 is 1.39 bits per heavy atom. The van der Waals surface area contributed by atoms with Gasteiger partial charge in [-0.3, -0.25) is 0 Å². The fourth-order valence-corrected chi connectivity index (χ4v) is 2.83. The van der Waals surface area contributed by atoms with Gasteiger partial charge in [-0.2, -0.15) is 0 Å². The SMILES string of the molecule is CCN(C)C=Nc1cc(Br)c(OCc2cccc(I)c2)nc1C. The molecule has 6 heteroatoms. The van der Waals surface area contributed by atoms with E-state index in [9.17, 15) is 0 Å². The maximum absolute atomic E-state index is 5.84. The van der Waals surface area contributed by atoms with E-state index in [1.54, 1.807) is 0 Å². The molecule has 1 heterocycles. The monoisotopic (exact) mass is 487 g/mol. The van der Waals surface area contributed by atoms with Crippen molar-refractivity contribution in [1.29, 1.82) is 0 Å². The maximum Gasteiger partial charge on any atom is 0.228 e. The number of rotatable bonds is 6. The van der Waals surface area contributed by atoms with Crippen LogP contribution in [0.3, 0.4) is 0 Å². The van der Waals surface area contributed by atoms with Crippen molar-refractivity contribution in [1.82, 2.24) is 9.88 Å². The highest BCUT2D eigenvalue weighted by molar-refractivity contribution is 14.1. The summed E-state index contributed by atoms with van der Waals surface area (Å²) in [5.74, 6) is 0.587. The molecule has 0 fully saturated rings. The van der Waals surface area contributed by atoms with Crippen molar-refractivity contribution in [3.05, 3.63) is 49.6 Å². The molecule has 0 bridgehead atoms. The van der Waals surface area contributed by atoms with Gasteiger partial charge >= 0.3 is 0 Å². The molecule has 122 valence electrons. The number of nitrogens with zero attached hydrogens (tertiary/aromatic N) is 3. The van der Waals surface area contributed by atoms with Crippen molar-refractivity contribution in [3.63, 3.8) is 0 Å². The molecule has 0 amide bonds. The summed E-state index contributed by atoms with van der Waals surface area (Å²) in [7, 11) is 1.99. The molecule has 2 aromatic rings. The molecule has 0 N–H and O–H groups in total. The second-order valence-electron chi connectivity index (χ2n) is 5.12. The van der Waals surface area contributed by atoms with Crippen molar-refractivity contribution in [3.8, 4) is 5.88 Å². The van der Waals surface area contributed by atoms with E-state index >= 15 is 0 Å². The van der Waals surface area contributed by atoms with Crippen LogP contribution in [0, 0.1) is 10.5 Å². The van der Waals surface area contributed by atoms with Crippen LogP contribution >= 0.6 is 38.5 Å². The van der Waals surface area contributed by atoms with Crippen molar-refractivity contribution < 1.29 is 4.74 Å². The van der Waals surface area contributed by atoms with Crippen LogP contribution in [0.25, 0.3) is 0 Å². The highest BCUT2D eigenvalue weighted by Crippen LogP contribution is 2.30. The van der Waals surface area contributed by atoms with Gasteiger partial charge in [0, 0.05) is 17.2 Å². The molecule has 0 saturated heterocycles. The summed E-state index contributed by atoms with van der Waals surface area (Å²) in [6, 6.07) is 10.2. The molecule has 0 atom stereocenters. The van der Waals surface area contributed by atoms with Crippen LogP contribution in [0.2, 0.25) is 0 Å². The second kappa shape index (κ2) is 8.63. The van der Waals surface area contributed by atoms with E-state index in [1.165, 1.54) is 3.57 Å². The van der Waals surface area contributed by atoms with E-state index in [1.807, 2.05) is 43.4 Å². The van der Waals surface area contributed by atoms with Crippen LogP contribution < -0.4 is 4.74 Å². The Morgan fingerprint density at radius 3 is 2.87 bits per heavy atom. The van der Waals surface area contributed by atoms with Crippen molar-refractivity contribution in [2.75, 3.05) is 13.6 Å². The van der Waals surface area contributed by atoms with Gasteiger partial charge in [0.2, 0.25) is 5.88 Å². The zero-order valence-corrected chi connectivity index (χ0v) is 17.1. The average molecular weight is 488 g/mol. The smallest absolute Gasteiger partial charge is 0.228 e. The van der Waals surface area contributed by atoms with E-state index in [-0.39, 0.29) is 0 Å². The third kappa shape index (κ3) is 5.46. The fraction of sp³-hybridized carbons (Fsp3) is 0.294. The van der Waals surface area contributed by atoms with Gasteiger partial charge in [-0.15, -0.1) is 0 Å². The average Bonchev–Trinajstić information content (AvgIpc) is 2.53. The van der Waals surface area contributed by atoms with Crippen LogP contribution in [-0.2, 0) is 6.61 Å². The highest BCUT2D eigenvalue weighted by Gasteiger charge is 2.08. The summed E-state index contributed by atoms with van der Waals surface area (Å²) in [4.78, 5) is 11.0. The molecule has 0 saturated carbocycles. The van der Waals surface area contributed by atoms with Gasteiger partial charge in [-0.25, -0.2) is 9.98 Å². The minimum atomic E-state index is 0.489. The van der Waals surface area contributed by atoms with Crippen molar-refractivity contribution in [2.24, 2.45) is 4.99 Å². The third-order valence-electron chi connectivity index (χ3n) is 3.27. The summed E-state index contributed by atoms with van der Waals surface area (Å²) in [6.45, 7) is 5.41. The van der Waals surface area contributed by atoms with E-state index < -0.39 is 0 Å². The summed E-state index contributed by atoms with van der Waals surface area (Å²) >= 11 is 5.81. The van der Waals surface area contributed by atoms with E-state index in [4.69, 9.17) is 4.74 Å². The fourth-order valence-electron chi connectivity index (χ4n) is 1.80. The van der Waals surface area contributed by atoms with Crippen LogP contribution in [0.5, 0.6) is 5.88 Å². The first-order valence-electron chi connectivity index (χ1n) is 7.28. The topological polar surface area (TPSA) is 37.7 Å². The predicted molar refractivity (Wildman–Crippen MR) is 107 cm³/mol. The van der Waals surface area contributed by atoms with Gasteiger partial charge in [0.1, 0.15) is 6.61 Å². The zero-order chi connectivity index (χ0) is 16.8. The Hall–Kier alpha value is -1.15. The summed E-state index contributed by atoms with van der Waals surface area (Å²) in [5.41, 5.74) is 2.79. The predicted octanol–water partition coefficient (Wildman–Crippen LogP) is 4.95. The molecule has 0 aliphatic rings. The van der Waals surface area contributed by atoms with Crippen LogP contribution in [0.15, 0.2) is 39.8 Å². The minimum Gasteiger partial charge on any atom is -0.472 e. The lowest BCUT2D eigenvalue weighted by atomic mass is 10.2. The number of ether oxygens (including phenoxy) is 1. The first-order valence-corrected chi connectivity index (χ1v) is 9.15. The first kappa shape index (κ1) is 18.2. The van der Waals surface area contributed by atoms with Crippen LogP contribution in [0.1, 0.15) is 18.2 Å². The number of benzene rings is 1. The van der Waals surface area contributed by atoms with Gasteiger partial charge in [-0.05, 0) is 76.1 Å². The number of aliphatic imine (C=N–C) groups is 1. The molecular formula is C17H19BrIN3O. The largest absolute Gasteiger partial charge is 0.472 e. The third-order valence-corrected chi connectivity index (χ3v) is 4.50. The number of hydrogen-bond acceptors (Lipinski definition) is 3. The van der Waals surface area contributed by atoms with E-state index in [0.717, 1.165) is 28.0 Å². The van der Waals surface area contributed by atoms with Crippen LogP contribution in [0.4, 0.5) is 5.69 Å². The summed E-state index contributed by atoms with van der Waals surface area (Å²) in [5, 5.41) is 0. The summed E-state index contributed by atoms with van der Waals surface area (Å²) < 4.78 is 7.83. The molecule has 1 aromatic carbocycles. The Bertz CT molecular complexity index is 706. The Balaban J connectivity index is 2.12. The molecule has 4 nitrogen and oxygen atoms in total. The number of aromatic nitrogens is 1. The van der Waals surface area contributed by atoms with E-state index in [2.05, 4.69) is 67.6 Å². The molecule has 23 heavy (non-hydrogen) atoms. The molecule has 0 aliphatic heterocycles. The lowest BCUT2D eigenvalue weighted by molar-refractivity contribution is 0.291. The molecule has 0 radical (unpaired) electrons. The molecule has 0 spiro atoms. The van der Waals surface area contributed by atoms with Crippen molar-refractivity contribution >= 4 is 50.5 Å². The Labute approximate surface area is 159 Å². The van der Waals surface area contributed by atoms with Gasteiger partial charge in [0.25, 0.3) is 0 Å². The summed E-state index contributed by atoms with van der Waals surface area (Å²) in [6.07, 6.45) is 1.81. The number of pyridine rings is 1. The molecule has 2 rings (SSSR count). The van der Waals surface area contributed by atoms with Gasteiger partial charge in [0.05, 0.1) is 22.2 Å². The van der Waals surface area contributed by atoms with Crippen molar-refractivity contribution in [2.45, 2.75) is 20.5 Å². The standard InChI is InChI=1S/C17H19BrIN3O/c1-4-22(3)11-20-16-9-15(18)17(21-12(16)2)23-10-13-6-5-7-14(19)8-13/h5-9,11H,4,10H2,1-3H3. The van der Waals surface area contributed by atoms with Gasteiger partial charge in [-0.1, -0.05) is 12.1 Å². The molecule has 0 unspecified atom stereocenters. The van der Waals surface area contributed by atoms with Gasteiger partial charge < -0.3 is 9.64 Å². The molecular weight excluding hydrogens is 469 g/mol. The number of halogens is 2. The molecule has 0 aliphatic carbocycles. The minimum absolute atomic E-state index is 0.489. The highest BCUT2D eigenvalue weighted by atomic mass is 127. The number of hydrogen-bond donors (Lipinski definition) is 0. The second-order valence-corrected chi connectivity index (χ2v) is 7.22. The lowest BCUT2D eigenvalue weighted by Crippen LogP contribution is -2.14. The van der Waals surface area contributed by atoms with Gasteiger partial charge in [0.15, 0.2) is 0 Å². The van der Waals surface area contributed by atoms with E-state index in [0.29, 0.717) is 12.5 Å². The maximum atomic E-state index is 5.84. The Morgan fingerprint density at radius 2 is 2.17 bits per heavy atom. The molecule has 1 aromatic heterocycles. The van der Waals surface area contributed by atoms with Crippen LogP contribution in [-0.4, -0.2) is 29.8 Å². The first-order chi connectivity index (χ1) is 11.0. The quantitative estimate of drug-likeness (QED) is 0.329. The normalized spacial score (nSPS) is 11.0. The lowest BCUT2D eigenvalue weighted by Gasteiger charge is -2.11. The Kier molecular flexibility index (Phi) is 6.83. The zero-order valence-electron chi connectivity index (χ0n) is 13.4.